The fraction of sp³-hybridized carbons (Fsp3) is 0.214. The van der Waals surface area contributed by atoms with E-state index in [0.717, 1.165) is 5.56 Å². The van der Waals surface area contributed by atoms with Crippen molar-refractivity contribution >= 4 is 5.69 Å². The minimum atomic E-state index is -1.70. The summed E-state index contributed by atoms with van der Waals surface area (Å²) in [5.74, 6) is -6.55. The van der Waals surface area contributed by atoms with Gasteiger partial charge in [-0.1, -0.05) is 30.3 Å². The van der Waals surface area contributed by atoms with Crippen LogP contribution < -0.4 is 5.32 Å². The normalized spacial score (nSPS) is 12.2. The van der Waals surface area contributed by atoms with E-state index in [1.807, 2.05) is 0 Å². The number of nitrogens with one attached hydrogen (secondary N) is 1. The molecular weight excluding hydrogens is 288 g/mol. The van der Waals surface area contributed by atoms with Crippen LogP contribution in [0.25, 0.3) is 0 Å². The van der Waals surface area contributed by atoms with Gasteiger partial charge >= 0.3 is 0 Å². The van der Waals surface area contributed by atoms with Crippen LogP contribution in [0.4, 0.5) is 23.2 Å². The lowest BCUT2D eigenvalue weighted by Crippen LogP contribution is -2.17. The Morgan fingerprint density at radius 2 is 1.62 bits per heavy atom. The van der Waals surface area contributed by atoms with Crippen molar-refractivity contribution in [3.63, 3.8) is 0 Å². The molecule has 21 heavy (non-hydrogen) atoms. The highest BCUT2D eigenvalue weighted by molar-refractivity contribution is 5.45. The molecule has 1 aromatic heterocycles. The van der Waals surface area contributed by atoms with E-state index < -0.39 is 35.3 Å². The number of ether oxygens (including phenoxy) is 1. The van der Waals surface area contributed by atoms with Gasteiger partial charge in [-0.15, -0.1) is 0 Å². The number of pyridine rings is 1. The molecule has 7 heteroatoms. The average Bonchev–Trinajstić information content (AvgIpc) is 2.50. The van der Waals surface area contributed by atoms with Crippen molar-refractivity contribution in [2.24, 2.45) is 0 Å². The second-order valence-electron chi connectivity index (χ2n) is 4.21. The maximum absolute atomic E-state index is 13.5. The van der Waals surface area contributed by atoms with Crippen molar-refractivity contribution in [2.75, 3.05) is 19.0 Å². The molecule has 0 spiro atoms. The summed E-state index contributed by atoms with van der Waals surface area (Å²) in [5, 5.41) is 2.32. The van der Waals surface area contributed by atoms with E-state index >= 15 is 0 Å². The smallest absolute Gasteiger partial charge is 0.253 e. The second-order valence-corrected chi connectivity index (χ2v) is 4.21. The first-order chi connectivity index (χ1) is 10.0. The fourth-order valence-corrected chi connectivity index (χ4v) is 1.84. The molecule has 3 nitrogen and oxygen atoms in total. The molecule has 2 aromatic rings. The highest BCUT2D eigenvalue weighted by atomic mass is 19.2. The fourth-order valence-electron chi connectivity index (χ4n) is 1.84. The van der Waals surface area contributed by atoms with E-state index in [0.29, 0.717) is 0 Å². The summed E-state index contributed by atoms with van der Waals surface area (Å²) in [4.78, 5) is 2.48. The van der Waals surface area contributed by atoms with Gasteiger partial charge in [-0.3, -0.25) is 0 Å². The molecule has 0 aliphatic rings. The summed E-state index contributed by atoms with van der Waals surface area (Å²) in [5.41, 5.74) is -0.152. The van der Waals surface area contributed by atoms with Gasteiger partial charge in [0.2, 0.25) is 11.6 Å². The quantitative estimate of drug-likeness (QED) is 0.678. The SMILES string of the molecule is COC(CNc1c(F)c(F)nc(F)c1F)c1ccccc1. The van der Waals surface area contributed by atoms with Gasteiger partial charge in [0.25, 0.3) is 11.9 Å². The topological polar surface area (TPSA) is 34.1 Å². The number of nitrogens with zero attached hydrogens (tertiary/aromatic N) is 1. The number of rotatable bonds is 5. The van der Waals surface area contributed by atoms with Gasteiger partial charge in [0.15, 0.2) is 0 Å². The average molecular weight is 300 g/mol. The summed E-state index contributed by atoms with van der Waals surface area (Å²) >= 11 is 0. The lowest BCUT2D eigenvalue weighted by Gasteiger charge is -2.17. The summed E-state index contributed by atoms with van der Waals surface area (Å²) in [7, 11) is 1.42. The molecule has 0 bridgehead atoms. The molecule has 0 saturated heterocycles. The Morgan fingerprint density at radius 1 is 1.05 bits per heavy atom. The Balaban J connectivity index is 2.19. The van der Waals surface area contributed by atoms with Gasteiger partial charge in [-0.2, -0.15) is 22.5 Å². The zero-order valence-corrected chi connectivity index (χ0v) is 11.0. The molecular formula is C14H12F4N2O. The van der Waals surface area contributed by atoms with Crippen LogP contribution in [-0.4, -0.2) is 18.6 Å². The Hall–Kier alpha value is -2.15. The summed E-state index contributed by atoms with van der Waals surface area (Å²) in [6.07, 6.45) is -0.538. The molecule has 2 rings (SSSR count). The van der Waals surface area contributed by atoms with Crippen molar-refractivity contribution in [1.29, 1.82) is 0 Å². The first-order valence-corrected chi connectivity index (χ1v) is 6.06. The molecule has 1 N–H and O–H groups in total. The van der Waals surface area contributed by atoms with Crippen molar-refractivity contribution in [2.45, 2.75) is 6.10 Å². The van der Waals surface area contributed by atoms with E-state index in [4.69, 9.17) is 4.74 Å². The lowest BCUT2D eigenvalue weighted by atomic mass is 10.1. The van der Waals surface area contributed by atoms with Crippen LogP contribution in [0.2, 0.25) is 0 Å². The number of methoxy groups -OCH3 is 1. The van der Waals surface area contributed by atoms with Gasteiger partial charge in [-0.05, 0) is 5.56 Å². The number of anilines is 1. The largest absolute Gasteiger partial charge is 0.377 e. The number of hydrogen-bond acceptors (Lipinski definition) is 3. The van der Waals surface area contributed by atoms with E-state index in [2.05, 4.69) is 10.3 Å². The van der Waals surface area contributed by atoms with Crippen LogP contribution in [0.5, 0.6) is 0 Å². The predicted octanol–water partition coefficient (Wildman–Crippen LogP) is 3.44. The number of aromatic nitrogens is 1. The van der Waals surface area contributed by atoms with Crippen LogP contribution in [0, 0.1) is 23.5 Å². The number of hydrogen-bond donors (Lipinski definition) is 1. The predicted molar refractivity (Wildman–Crippen MR) is 68.8 cm³/mol. The zero-order chi connectivity index (χ0) is 15.4. The molecule has 0 amide bonds. The molecule has 0 aliphatic carbocycles. The van der Waals surface area contributed by atoms with Crippen LogP contribution in [0.3, 0.4) is 0 Å². The lowest BCUT2D eigenvalue weighted by molar-refractivity contribution is 0.114. The summed E-state index contributed by atoms with van der Waals surface area (Å²) < 4.78 is 58.1. The second kappa shape index (κ2) is 6.53. The van der Waals surface area contributed by atoms with Gasteiger partial charge in [0, 0.05) is 13.7 Å². The molecule has 0 saturated carbocycles. The summed E-state index contributed by atoms with van der Waals surface area (Å²) in [6.45, 7) is -0.0722. The maximum atomic E-state index is 13.5. The minimum absolute atomic E-state index is 0.0722. The van der Waals surface area contributed by atoms with Gasteiger partial charge in [0.05, 0.1) is 6.10 Å². The third-order valence-corrected chi connectivity index (χ3v) is 2.92. The van der Waals surface area contributed by atoms with Crippen molar-refractivity contribution < 1.29 is 22.3 Å². The van der Waals surface area contributed by atoms with E-state index in [1.54, 1.807) is 30.3 Å². The van der Waals surface area contributed by atoms with Crippen LogP contribution in [0.15, 0.2) is 30.3 Å². The van der Waals surface area contributed by atoms with Crippen molar-refractivity contribution in [3.8, 4) is 0 Å². The Labute approximate surface area is 118 Å². The van der Waals surface area contributed by atoms with E-state index in [1.165, 1.54) is 7.11 Å². The highest BCUT2D eigenvalue weighted by Gasteiger charge is 2.21. The van der Waals surface area contributed by atoms with Gasteiger partial charge < -0.3 is 10.1 Å². The molecule has 1 aromatic carbocycles. The number of halogens is 4. The van der Waals surface area contributed by atoms with E-state index in [9.17, 15) is 17.6 Å². The molecule has 1 heterocycles. The Kier molecular flexibility index (Phi) is 4.74. The van der Waals surface area contributed by atoms with Gasteiger partial charge in [0.1, 0.15) is 5.69 Å². The zero-order valence-electron chi connectivity index (χ0n) is 11.0. The molecule has 112 valence electrons. The molecule has 1 unspecified atom stereocenters. The minimum Gasteiger partial charge on any atom is -0.377 e. The van der Waals surface area contributed by atoms with Crippen LogP contribution in [0.1, 0.15) is 11.7 Å². The molecule has 0 aliphatic heterocycles. The van der Waals surface area contributed by atoms with Gasteiger partial charge in [-0.25, -0.2) is 0 Å². The van der Waals surface area contributed by atoms with Crippen molar-refractivity contribution in [3.05, 3.63) is 59.4 Å². The third kappa shape index (κ3) is 3.30. The standard InChI is InChI=1S/C14H12F4N2O/c1-21-9(8-5-3-2-4-6-8)7-19-12-10(15)13(17)20-14(18)11(12)16/h2-6,9H,7H2,1H3,(H,19,20). The Bertz CT molecular complexity index is 596. The Morgan fingerprint density at radius 3 is 2.14 bits per heavy atom. The maximum Gasteiger partial charge on any atom is 0.253 e. The monoisotopic (exact) mass is 300 g/mol. The highest BCUT2D eigenvalue weighted by Crippen LogP contribution is 2.24. The van der Waals surface area contributed by atoms with Crippen LogP contribution >= 0.6 is 0 Å². The molecule has 1 atom stereocenters. The number of benzene rings is 1. The van der Waals surface area contributed by atoms with Crippen molar-refractivity contribution in [1.82, 2.24) is 4.98 Å². The van der Waals surface area contributed by atoms with E-state index in [-0.39, 0.29) is 6.54 Å². The first kappa shape index (κ1) is 15.2. The first-order valence-electron chi connectivity index (χ1n) is 6.06. The summed E-state index contributed by atoms with van der Waals surface area (Å²) in [6, 6.07) is 8.87. The molecule has 0 radical (unpaired) electrons. The van der Waals surface area contributed by atoms with Crippen LogP contribution in [-0.2, 0) is 4.74 Å². The molecule has 0 fully saturated rings. The third-order valence-electron chi connectivity index (χ3n) is 2.92.